The van der Waals surface area contributed by atoms with E-state index in [2.05, 4.69) is 122 Å². The summed E-state index contributed by atoms with van der Waals surface area (Å²) in [5.74, 6) is 3.47. The second-order valence-electron chi connectivity index (χ2n) is 8.78. The number of alkyl halides is 1. The van der Waals surface area contributed by atoms with Gasteiger partial charge in [0.1, 0.15) is 0 Å². The fourth-order valence-electron chi connectivity index (χ4n) is 3.06. The first kappa shape index (κ1) is 23.2. The zero-order valence-electron chi connectivity index (χ0n) is 17.9. The normalized spacial score (nSPS) is 12.4. The Kier molecular flexibility index (Phi) is 8.33. The Balaban J connectivity index is 2.42. The highest BCUT2D eigenvalue weighted by Crippen LogP contribution is 2.36. The summed E-state index contributed by atoms with van der Waals surface area (Å²) in [5, 5.41) is 3.99. The zero-order chi connectivity index (χ0) is 20.7. The van der Waals surface area contributed by atoms with Crippen molar-refractivity contribution in [1.82, 2.24) is 0 Å². The Labute approximate surface area is 182 Å². The van der Waals surface area contributed by atoms with Crippen molar-refractivity contribution in [2.24, 2.45) is 0 Å². The molecule has 0 fully saturated rings. The van der Waals surface area contributed by atoms with Crippen LogP contribution >= 0.6 is 15.9 Å². The van der Waals surface area contributed by atoms with E-state index in [1.165, 1.54) is 10.4 Å². The summed E-state index contributed by atoms with van der Waals surface area (Å²) in [5.41, 5.74) is 3.79. The molecule has 0 aliphatic carbocycles. The first-order valence-electron chi connectivity index (χ1n) is 10.0. The Hall–Kier alpha value is -1.13. The van der Waals surface area contributed by atoms with Crippen LogP contribution in [0, 0.1) is 11.5 Å². The average molecular weight is 474 g/mol. The third-order valence-corrected chi connectivity index (χ3v) is 15.2. The van der Waals surface area contributed by atoms with Gasteiger partial charge in [-0.15, -0.1) is 5.54 Å². The molecule has 0 aliphatic rings. The molecule has 0 unspecified atom stereocenters. The molecule has 0 radical (unpaired) electrons. The predicted molar refractivity (Wildman–Crippen MR) is 132 cm³/mol. The molecule has 0 saturated heterocycles. The third-order valence-electron chi connectivity index (χ3n) is 5.83. The highest BCUT2D eigenvalue weighted by atomic mass is 79.9. The van der Waals surface area contributed by atoms with Crippen molar-refractivity contribution in [1.29, 1.82) is 0 Å². The van der Waals surface area contributed by atoms with Gasteiger partial charge in [-0.3, -0.25) is 0 Å². The van der Waals surface area contributed by atoms with Crippen LogP contribution in [-0.4, -0.2) is 28.3 Å². The minimum absolute atomic E-state index is 0.206. The molecule has 0 amide bonds. The summed E-state index contributed by atoms with van der Waals surface area (Å²) >= 11 is 3.63. The van der Waals surface area contributed by atoms with Crippen molar-refractivity contribution in [2.75, 3.05) is 11.9 Å². The molecule has 1 nitrogen and oxygen atoms in total. The van der Waals surface area contributed by atoms with E-state index in [1.807, 2.05) is 0 Å². The fraction of sp³-hybridized carbons (Fsp3) is 0.417. The second-order valence-corrected chi connectivity index (χ2v) is 18.1. The van der Waals surface area contributed by atoms with E-state index in [-0.39, 0.29) is 5.04 Å². The summed E-state index contributed by atoms with van der Waals surface area (Å²) in [6.07, 6.45) is 1.12. The van der Waals surface area contributed by atoms with Gasteiger partial charge >= 0.3 is 0 Å². The molecule has 0 aliphatic heterocycles. The van der Waals surface area contributed by atoms with Gasteiger partial charge in [-0.05, 0) is 41.0 Å². The molecular weight excluding hydrogens is 440 g/mol. The quantitative estimate of drug-likeness (QED) is 0.289. The van der Waals surface area contributed by atoms with Crippen LogP contribution in [0.2, 0.25) is 24.2 Å². The van der Waals surface area contributed by atoms with Crippen molar-refractivity contribution in [3.05, 3.63) is 60.7 Å². The van der Waals surface area contributed by atoms with Gasteiger partial charge in [0.2, 0.25) is 0 Å². The third kappa shape index (κ3) is 5.70. The van der Waals surface area contributed by atoms with E-state index in [1.54, 1.807) is 0 Å². The smallest absolute Gasteiger partial charge is 0.199 e. The number of benzene rings is 2. The lowest BCUT2D eigenvalue weighted by molar-refractivity contribution is 0.334. The number of hydrogen-bond acceptors (Lipinski definition) is 1. The van der Waals surface area contributed by atoms with Gasteiger partial charge in [-0.25, -0.2) is 0 Å². The molecule has 28 heavy (non-hydrogen) atoms. The Bertz CT molecular complexity index is 747. The number of halogens is 1. The van der Waals surface area contributed by atoms with E-state index < -0.39 is 16.4 Å². The summed E-state index contributed by atoms with van der Waals surface area (Å²) in [6.45, 7) is 11.9. The lowest BCUT2D eigenvalue weighted by Crippen LogP contribution is -2.57. The number of rotatable bonds is 7. The first-order valence-corrected chi connectivity index (χ1v) is 16.3. The van der Waals surface area contributed by atoms with E-state index in [4.69, 9.17) is 4.43 Å². The molecule has 0 N–H and O–H groups in total. The summed E-state index contributed by atoms with van der Waals surface area (Å²) in [4.78, 5) is 0. The molecule has 0 saturated carbocycles. The maximum absolute atomic E-state index is 6.34. The minimum atomic E-state index is -2.17. The van der Waals surface area contributed by atoms with Crippen LogP contribution in [0.15, 0.2) is 60.7 Å². The van der Waals surface area contributed by atoms with Crippen LogP contribution in [0.3, 0.4) is 0 Å². The molecular formula is C24H33BrOSi2. The maximum atomic E-state index is 6.34. The molecule has 2 rings (SSSR count). The van der Waals surface area contributed by atoms with Crippen molar-refractivity contribution in [3.8, 4) is 11.5 Å². The topological polar surface area (TPSA) is 9.23 Å². The molecule has 2 aromatic rings. The SMILES string of the molecule is CC(C)(C)[Si](C)(C)OCC#C[Si](CCCBr)(c1ccccc1)c1ccccc1. The van der Waals surface area contributed by atoms with Crippen LogP contribution in [-0.2, 0) is 4.43 Å². The molecule has 0 bridgehead atoms. The van der Waals surface area contributed by atoms with Crippen LogP contribution in [0.25, 0.3) is 0 Å². The van der Waals surface area contributed by atoms with Gasteiger partial charge in [0.15, 0.2) is 16.4 Å². The van der Waals surface area contributed by atoms with Crippen molar-refractivity contribution < 1.29 is 4.43 Å². The zero-order valence-corrected chi connectivity index (χ0v) is 21.5. The predicted octanol–water partition coefficient (Wildman–Crippen LogP) is 5.60. The molecule has 4 heteroatoms. The maximum Gasteiger partial charge on any atom is 0.199 e. The van der Waals surface area contributed by atoms with Gasteiger partial charge in [-0.1, -0.05) is 103 Å². The van der Waals surface area contributed by atoms with Gasteiger partial charge in [0.25, 0.3) is 0 Å². The Morgan fingerprint density at radius 3 is 1.82 bits per heavy atom. The van der Waals surface area contributed by atoms with Crippen molar-refractivity contribution in [3.63, 3.8) is 0 Å². The largest absolute Gasteiger partial charge is 0.406 e. The lowest BCUT2D eigenvalue weighted by Gasteiger charge is -2.35. The number of hydrogen-bond donors (Lipinski definition) is 0. The average Bonchev–Trinajstić information content (AvgIpc) is 2.68. The lowest BCUT2D eigenvalue weighted by atomic mass is 10.2. The Morgan fingerprint density at radius 1 is 0.893 bits per heavy atom. The summed E-state index contributed by atoms with van der Waals surface area (Å²) in [7, 11) is -3.95. The van der Waals surface area contributed by atoms with Crippen LogP contribution in [0.1, 0.15) is 27.2 Å². The van der Waals surface area contributed by atoms with Crippen molar-refractivity contribution in [2.45, 2.75) is 51.4 Å². The molecule has 0 spiro atoms. The summed E-state index contributed by atoms with van der Waals surface area (Å²) < 4.78 is 6.34. The van der Waals surface area contributed by atoms with Gasteiger partial charge in [0, 0.05) is 5.33 Å². The Morgan fingerprint density at radius 2 is 1.39 bits per heavy atom. The van der Waals surface area contributed by atoms with E-state index in [0.29, 0.717) is 6.61 Å². The molecule has 150 valence electrons. The minimum Gasteiger partial charge on any atom is -0.406 e. The van der Waals surface area contributed by atoms with E-state index >= 15 is 0 Å². The van der Waals surface area contributed by atoms with Crippen molar-refractivity contribution >= 4 is 42.7 Å². The molecule has 2 aromatic carbocycles. The second kappa shape index (κ2) is 10.1. The first-order chi connectivity index (χ1) is 13.2. The van der Waals surface area contributed by atoms with E-state index in [0.717, 1.165) is 17.8 Å². The standard InChI is InChI=1S/C24H33BrOSi2/c1-24(2,3)27(4,5)26-19-13-21-28(20-12-18-25,22-14-8-6-9-15-22)23-16-10-7-11-17-23/h6-11,14-17H,12,18-20H2,1-5H3. The van der Waals surface area contributed by atoms with Crippen LogP contribution in [0.5, 0.6) is 0 Å². The van der Waals surface area contributed by atoms with Gasteiger partial charge < -0.3 is 4.43 Å². The van der Waals surface area contributed by atoms with Crippen LogP contribution < -0.4 is 10.4 Å². The highest BCUT2D eigenvalue weighted by molar-refractivity contribution is 9.09. The van der Waals surface area contributed by atoms with Gasteiger partial charge in [0.05, 0.1) is 6.61 Å². The highest BCUT2D eigenvalue weighted by Gasteiger charge is 2.37. The summed E-state index contributed by atoms with van der Waals surface area (Å²) in [6, 6.07) is 22.9. The fourth-order valence-corrected chi connectivity index (χ4v) is 8.65. The molecule has 0 aromatic heterocycles. The van der Waals surface area contributed by atoms with Gasteiger partial charge in [-0.2, -0.15) is 0 Å². The molecule has 0 heterocycles. The molecule has 0 atom stereocenters. The van der Waals surface area contributed by atoms with Crippen LogP contribution in [0.4, 0.5) is 0 Å². The van der Waals surface area contributed by atoms with E-state index in [9.17, 15) is 0 Å². The monoisotopic (exact) mass is 472 g/mol.